The van der Waals surface area contributed by atoms with Crippen LogP contribution in [0.4, 0.5) is 0 Å². The Hall–Kier alpha value is -1.33. The Bertz CT molecular complexity index is 503. The SMILES string of the molecule is C=C1O[C@@]2(C)C(CCO)C(=O)NC12[C@@H](O)C1C=CCCC1. The molecule has 3 N–H and O–H groups in total. The molecule has 0 aromatic rings. The molecule has 0 spiro atoms. The second-order valence-electron chi connectivity index (χ2n) is 6.46. The van der Waals surface area contributed by atoms with Crippen LogP contribution in [0.15, 0.2) is 24.5 Å². The van der Waals surface area contributed by atoms with Gasteiger partial charge in [-0.1, -0.05) is 18.7 Å². The third-order valence-electron chi connectivity index (χ3n) is 5.42. The number of allylic oxidation sites excluding steroid dienone is 1. The first-order valence-corrected chi connectivity index (χ1v) is 7.63. The molecule has 0 aromatic heterocycles. The van der Waals surface area contributed by atoms with Gasteiger partial charge >= 0.3 is 0 Å². The van der Waals surface area contributed by atoms with Gasteiger partial charge in [-0.3, -0.25) is 4.79 Å². The lowest BCUT2D eigenvalue weighted by Crippen LogP contribution is -2.75. The first-order chi connectivity index (χ1) is 9.97. The van der Waals surface area contributed by atoms with Gasteiger partial charge in [0.2, 0.25) is 5.91 Å². The molecule has 5 heteroatoms. The molecule has 2 fully saturated rings. The molecule has 0 aromatic carbocycles. The lowest BCUT2D eigenvalue weighted by molar-refractivity contribution is -0.203. The molecule has 0 radical (unpaired) electrons. The van der Waals surface area contributed by atoms with Crippen LogP contribution in [0.5, 0.6) is 0 Å². The molecule has 3 unspecified atom stereocenters. The minimum atomic E-state index is -0.934. The number of ether oxygens (including phenoxy) is 1. The number of nitrogens with one attached hydrogen (secondary N) is 1. The molecule has 2 saturated heterocycles. The number of rotatable bonds is 4. The molecule has 2 aliphatic heterocycles. The summed E-state index contributed by atoms with van der Waals surface area (Å²) in [6, 6.07) is 0. The maximum Gasteiger partial charge on any atom is 0.228 e. The van der Waals surface area contributed by atoms with E-state index in [9.17, 15) is 15.0 Å². The summed E-state index contributed by atoms with van der Waals surface area (Å²) < 4.78 is 5.73. The Kier molecular flexibility index (Phi) is 3.37. The van der Waals surface area contributed by atoms with Crippen molar-refractivity contribution in [3.05, 3.63) is 24.5 Å². The lowest BCUT2D eigenvalue weighted by atomic mass is 9.63. The highest BCUT2D eigenvalue weighted by Gasteiger charge is 2.75. The van der Waals surface area contributed by atoms with Crippen LogP contribution < -0.4 is 5.32 Å². The van der Waals surface area contributed by atoms with Gasteiger partial charge in [-0.05, 0) is 32.6 Å². The topological polar surface area (TPSA) is 78.8 Å². The fourth-order valence-electron chi connectivity index (χ4n) is 4.21. The summed E-state index contributed by atoms with van der Waals surface area (Å²) in [5, 5.41) is 23.0. The van der Waals surface area contributed by atoms with Crippen LogP contribution >= 0.6 is 0 Å². The van der Waals surface area contributed by atoms with Crippen molar-refractivity contribution in [2.45, 2.75) is 49.9 Å². The molecule has 0 saturated carbocycles. The number of amides is 1. The van der Waals surface area contributed by atoms with Gasteiger partial charge < -0.3 is 20.3 Å². The largest absolute Gasteiger partial charge is 0.486 e. The zero-order chi connectivity index (χ0) is 15.3. The first kappa shape index (κ1) is 14.6. The Labute approximate surface area is 124 Å². The number of aliphatic hydroxyl groups is 2. The van der Waals surface area contributed by atoms with Gasteiger partial charge in [0.25, 0.3) is 0 Å². The summed E-state index contributed by atoms with van der Waals surface area (Å²) in [7, 11) is 0. The van der Waals surface area contributed by atoms with Crippen molar-refractivity contribution in [2.75, 3.05) is 6.61 Å². The Balaban J connectivity index is 1.94. The summed E-state index contributed by atoms with van der Waals surface area (Å²) >= 11 is 0. The molecule has 3 rings (SSSR count). The van der Waals surface area contributed by atoms with E-state index in [1.54, 1.807) is 0 Å². The monoisotopic (exact) mass is 293 g/mol. The zero-order valence-corrected chi connectivity index (χ0v) is 12.3. The van der Waals surface area contributed by atoms with Crippen LogP contribution in [0, 0.1) is 11.8 Å². The average Bonchev–Trinajstić information content (AvgIpc) is 2.65. The van der Waals surface area contributed by atoms with E-state index < -0.39 is 23.2 Å². The number of carbonyl (C=O) groups is 1. The second-order valence-corrected chi connectivity index (χ2v) is 6.46. The molecule has 21 heavy (non-hydrogen) atoms. The fraction of sp³-hybridized carbons (Fsp3) is 0.688. The van der Waals surface area contributed by atoms with Gasteiger partial charge in [-0.2, -0.15) is 0 Å². The standard InChI is InChI=1S/C16H23NO4/c1-10-16(13(19)11-6-4-3-5-7-11)15(2,21-10)12(8-9-18)14(20)17-16/h4,6,11-13,18-19H,1,3,5,7-9H2,2H3,(H,17,20)/t11?,12?,13-,15-,16?/m0/s1. The quantitative estimate of drug-likeness (QED) is 0.672. The molecule has 5 nitrogen and oxygen atoms in total. The predicted octanol–water partition coefficient (Wildman–Crippen LogP) is 0.873. The van der Waals surface area contributed by atoms with Crippen LogP contribution in [0.3, 0.4) is 0 Å². The van der Waals surface area contributed by atoms with Crippen molar-refractivity contribution in [1.82, 2.24) is 5.32 Å². The summed E-state index contributed by atoms with van der Waals surface area (Å²) in [6.07, 6.45) is 6.63. The van der Waals surface area contributed by atoms with E-state index in [1.807, 2.05) is 13.0 Å². The highest BCUT2D eigenvalue weighted by molar-refractivity contribution is 5.87. The molecule has 0 bridgehead atoms. The number of hydrogen-bond donors (Lipinski definition) is 3. The van der Waals surface area contributed by atoms with Gasteiger partial charge in [0, 0.05) is 12.5 Å². The number of carbonyl (C=O) groups excluding carboxylic acids is 1. The van der Waals surface area contributed by atoms with Gasteiger partial charge in [0.15, 0.2) is 11.1 Å². The predicted molar refractivity (Wildman–Crippen MR) is 77.2 cm³/mol. The molecule has 3 aliphatic rings. The van der Waals surface area contributed by atoms with Crippen LogP contribution in [-0.2, 0) is 9.53 Å². The minimum Gasteiger partial charge on any atom is -0.486 e. The van der Waals surface area contributed by atoms with E-state index in [0.717, 1.165) is 19.3 Å². The highest BCUT2D eigenvalue weighted by atomic mass is 16.5. The van der Waals surface area contributed by atoms with Crippen molar-refractivity contribution < 1.29 is 19.7 Å². The number of fused-ring (bicyclic) bond motifs is 1. The van der Waals surface area contributed by atoms with Crippen LogP contribution in [0.2, 0.25) is 0 Å². The van der Waals surface area contributed by atoms with Gasteiger partial charge in [0.05, 0.1) is 12.0 Å². The van der Waals surface area contributed by atoms with Crippen LogP contribution in [-0.4, -0.2) is 40.0 Å². The van der Waals surface area contributed by atoms with Gasteiger partial charge in [0.1, 0.15) is 5.76 Å². The van der Waals surface area contributed by atoms with Gasteiger partial charge in [-0.25, -0.2) is 0 Å². The van der Waals surface area contributed by atoms with Gasteiger partial charge in [-0.15, -0.1) is 0 Å². The minimum absolute atomic E-state index is 0.00750. The first-order valence-electron chi connectivity index (χ1n) is 7.63. The van der Waals surface area contributed by atoms with Crippen molar-refractivity contribution >= 4 is 5.91 Å². The summed E-state index contributed by atoms with van der Waals surface area (Å²) in [6.45, 7) is 5.63. The third kappa shape index (κ3) is 1.74. The normalized spacial score (nSPS) is 42.8. The maximum absolute atomic E-state index is 12.3. The molecule has 1 aliphatic carbocycles. The highest BCUT2D eigenvalue weighted by Crippen LogP contribution is 2.57. The van der Waals surface area contributed by atoms with Crippen molar-refractivity contribution in [3.63, 3.8) is 0 Å². The molecule has 2 heterocycles. The number of aliphatic hydroxyl groups excluding tert-OH is 2. The van der Waals surface area contributed by atoms with E-state index in [-0.39, 0.29) is 18.4 Å². The van der Waals surface area contributed by atoms with Crippen molar-refractivity contribution in [2.24, 2.45) is 11.8 Å². The van der Waals surface area contributed by atoms with E-state index in [0.29, 0.717) is 12.2 Å². The van der Waals surface area contributed by atoms with E-state index >= 15 is 0 Å². The van der Waals surface area contributed by atoms with Crippen molar-refractivity contribution in [1.29, 1.82) is 0 Å². The second kappa shape index (κ2) is 4.85. The molecule has 116 valence electrons. The van der Waals surface area contributed by atoms with Crippen LogP contribution in [0.25, 0.3) is 0 Å². The Morgan fingerprint density at radius 1 is 1.62 bits per heavy atom. The number of hydrogen-bond acceptors (Lipinski definition) is 4. The smallest absolute Gasteiger partial charge is 0.228 e. The molecule has 1 amide bonds. The lowest BCUT2D eigenvalue weighted by Gasteiger charge is -2.58. The van der Waals surface area contributed by atoms with E-state index in [1.165, 1.54) is 0 Å². The van der Waals surface area contributed by atoms with Crippen LogP contribution in [0.1, 0.15) is 32.6 Å². The third-order valence-corrected chi connectivity index (χ3v) is 5.42. The average molecular weight is 293 g/mol. The summed E-state index contributed by atoms with van der Waals surface area (Å²) in [5.41, 5.74) is -1.77. The molecule has 5 atom stereocenters. The molecular weight excluding hydrogens is 270 g/mol. The Morgan fingerprint density at radius 2 is 2.38 bits per heavy atom. The van der Waals surface area contributed by atoms with E-state index in [4.69, 9.17) is 4.74 Å². The zero-order valence-electron chi connectivity index (χ0n) is 12.3. The molecular formula is C16H23NO4. The summed E-state index contributed by atoms with van der Waals surface area (Å²) in [4.78, 5) is 12.3. The van der Waals surface area contributed by atoms with E-state index in [2.05, 4.69) is 18.0 Å². The Morgan fingerprint density at radius 3 is 2.95 bits per heavy atom. The fourth-order valence-corrected chi connectivity index (χ4v) is 4.21. The summed E-state index contributed by atoms with van der Waals surface area (Å²) in [5.74, 6) is -0.226. The van der Waals surface area contributed by atoms with Crippen molar-refractivity contribution in [3.8, 4) is 0 Å². The maximum atomic E-state index is 12.3.